The summed E-state index contributed by atoms with van der Waals surface area (Å²) in [5, 5.41) is 0.666. The number of nitrogens with zero attached hydrogens (tertiary/aromatic N) is 1. The quantitative estimate of drug-likeness (QED) is 0.521. The fourth-order valence-electron chi connectivity index (χ4n) is 0.819. The van der Waals surface area contributed by atoms with E-state index in [4.69, 9.17) is 5.73 Å². The molecule has 0 radical (unpaired) electrons. The van der Waals surface area contributed by atoms with E-state index < -0.39 is 0 Å². The Morgan fingerprint density at radius 1 is 1.36 bits per heavy atom. The average molecular weight is 154 g/mol. The van der Waals surface area contributed by atoms with Crippen molar-refractivity contribution in [3.8, 4) is 0 Å². The molecule has 1 aromatic rings. The van der Waals surface area contributed by atoms with Crippen molar-refractivity contribution in [3.05, 3.63) is 24.3 Å². The van der Waals surface area contributed by atoms with E-state index in [9.17, 15) is 4.48 Å². The summed E-state index contributed by atoms with van der Waals surface area (Å²) in [6.07, 6.45) is 0. The van der Waals surface area contributed by atoms with Crippen molar-refractivity contribution in [1.82, 2.24) is 0 Å². The van der Waals surface area contributed by atoms with Crippen LogP contribution >= 0.6 is 0 Å². The molecule has 0 atom stereocenters. The lowest BCUT2D eigenvalue weighted by Gasteiger charge is -2.10. The zero-order chi connectivity index (χ0) is 8.27. The smallest absolute Gasteiger partial charge is 0.0689 e. The molecule has 2 N–H and O–H groups in total. The van der Waals surface area contributed by atoms with Gasteiger partial charge in [0.2, 0.25) is 0 Å². The molecule has 0 saturated heterocycles. The molecule has 0 bridgehead atoms. The molecule has 3 heteroatoms. The Bertz CT molecular complexity index is 220. The molecule has 1 rings (SSSR count). The third-order valence-electron chi connectivity index (χ3n) is 1.45. The normalized spacial score (nSPS) is 9.64. The maximum atomic E-state index is 12.8. The van der Waals surface area contributed by atoms with E-state index in [1.54, 1.807) is 31.2 Å². The molecule has 0 unspecified atom stereocenters. The van der Waals surface area contributed by atoms with E-state index >= 15 is 0 Å². The molecule has 11 heavy (non-hydrogen) atoms. The molecule has 0 spiro atoms. The first-order chi connectivity index (χ1) is 5.24. The van der Waals surface area contributed by atoms with Crippen molar-refractivity contribution in [2.75, 3.05) is 17.4 Å². The van der Waals surface area contributed by atoms with Gasteiger partial charge in [-0.15, -0.1) is 0 Å². The lowest BCUT2D eigenvalue weighted by molar-refractivity contribution is 0.445. The minimum absolute atomic E-state index is 0.351. The Morgan fingerprint density at radius 2 is 1.91 bits per heavy atom. The van der Waals surface area contributed by atoms with Crippen molar-refractivity contribution in [1.29, 1.82) is 0 Å². The summed E-state index contributed by atoms with van der Waals surface area (Å²) in [4.78, 5) is 0. The van der Waals surface area contributed by atoms with Gasteiger partial charge in [-0.1, -0.05) is 4.48 Å². The summed E-state index contributed by atoms with van der Waals surface area (Å²) in [6, 6.07) is 6.66. The van der Waals surface area contributed by atoms with Gasteiger partial charge in [0, 0.05) is 12.2 Å². The first kappa shape index (κ1) is 7.85. The van der Waals surface area contributed by atoms with E-state index in [1.807, 2.05) is 0 Å². The zero-order valence-electron chi connectivity index (χ0n) is 6.42. The lowest BCUT2D eigenvalue weighted by Crippen LogP contribution is -2.09. The lowest BCUT2D eigenvalue weighted by atomic mass is 10.3. The highest BCUT2D eigenvalue weighted by atomic mass is 19.2. The van der Waals surface area contributed by atoms with Crippen LogP contribution in [0.15, 0.2) is 24.3 Å². The van der Waals surface area contributed by atoms with Gasteiger partial charge in [0.15, 0.2) is 0 Å². The van der Waals surface area contributed by atoms with Crippen LogP contribution in [0.3, 0.4) is 0 Å². The van der Waals surface area contributed by atoms with Crippen LogP contribution in [0.5, 0.6) is 0 Å². The minimum Gasteiger partial charge on any atom is -0.399 e. The van der Waals surface area contributed by atoms with Crippen molar-refractivity contribution in [2.24, 2.45) is 0 Å². The Hall–Kier alpha value is -1.25. The third-order valence-corrected chi connectivity index (χ3v) is 1.45. The monoisotopic (exact) mass is 154 g/mol. The molecule has 0 aliphatic heterocycles. The van der Waals surface area contributed by atoms with Crippen LogP contribution in [0, 0.1) is 0 Å². The van der Waals surface area contributed by atoms with E-state index in [2.05, 4.69) is 0 Å². The van der Waals surface area contributed by atoms with Gasteiger partial charge in [-0.25, -0.2) is 5.12 Å². The van der Waals surface area contributed by atoms with Crippen molar-refractivity contribution in [3.63, 3.8) is 0 Å². The molecule has 0 aliphatic carbocycles. The number of nitrogens with two attached hydrogens (primary N) is 1. The third kappa shape index (κ3) is 1.83. The summed E-state index contributed by atoms with van der Waals surface area (Å²) >= 11 is 0. The molecule has 0 aromatic heterocycles. The molecule has 0 fully saturated rings. The highest BCUT2D eigenvalue weighted by Gasteiger charge is 1.99. The highest BCUT2D eigenvalue weighted by Crippen LogP contribution is 2.15. The number of nitrogen functional groups attached to an aromatic ring is 1. The molecule has 0 heterocycles. The molecular formula is C8H11FN2. The van der Waals surface area contributed by atoms with Gasteiger partial charge in [0.1, 0.15) is 0 Å². The SMILES string of the molecule is CCN(F)c1ccc(N)cc1. The van der Waals surface area contributed by atoms with Crippen LogP contribution in [-0.4, -0.2) is 6.54 Å². The second-order valence-corrected chi connectivity index (χ2v) is 2.27. The predicted octanol–water partition coefficient (Wildman–Crippen LogP) is 1.98. The van der Waals surface area contributed by atoms with Gasteiger partial charge in [0.05, 0.1) is 5.69 Å². The Balaban J connectivity index is 2.81. The van der Waals surface area contributed by atoms with Crippen LogP contribution in [0.25, 0.3) is 0 Å². The highest BCUT2D eigenvalue weighted by molar-refractivity contribution is 5.51. The van der Waals surface area contributed by atoms with E-state index in [1.165, 1.54) is 0 Å². The Labute approximate surface area is 65.4 Å². The summed E-state index contributed by atoms with van der Waals surface area (Å²) < 4.78 is 12.8. The molecule has 0 saturated carbocycles. The number of hydrogen-bond acceptors (Lipinski definition) is 2. The Morgan fingerprint density at radius 3 is 2.36 bits per heavy atom. The number of hydrogen-bond donors (Lipinski definition) is 1. The average Bonchev–Trinajstić information content (AvgIpc) is 2.05. The van der Waals surface area contributed by atoms with Crippen LogP contribution < -0.4 is 10.9 Å². The first-order valence-corrected chi connectivity index (χ1v) is 3.53. The van der Waals surface area contributed by atoms with Crippen LogP contribution in [0.4, 0.5) is 15.9 Å². The topological polar surface area (TPSA) is 29.3 Å². The first-order valence-electron chi connectivity index (χ1n) is 3.53. The largest absolute Gasteiger partial charge is 0.399 e. The molecule has 1 aromatic carbocycles. The Kier molecular flexibility index (Phi) is 2.31. The maximum absolute atomic E-state index is 12.8. The standard InChI is InChI=1S/C8H11FN2/c1-2-11(9)8-5-3-7(10)4-6-8/h3-6H,2,10H2,1H3. The van der Waals surface area contributed by atoms with Gasteiger partial charge < -0.3 is 5.73 Å². The molecule has 60 valence electrons. The van der Waals surface area contributed by atoms with Gasteiger partial charge in [-0.2, -0.15) is 0 Å². The van der Waals surface area contributed by atoms with Crippen molar-refractivity contribution >= 4 is 11.4 Å². The van der Waals surface area contributed by atoms with Crippen molar-refractivity contribution in [2.45, 2.75) is 6.92 Å². The maximum Gasteiger partial charge on any atom is 0.0689 e. The fraction of sp³-hybridized carbons (Fsp3) is 0.250. The second-order valence-electron chi connectivity index (χ2n) is 2.27. The van der Waals surface area contributed by atoms with Crippen molar-refractivity contribution < 1.29 is 4.48 Å². The fourth-order valence-corrected chi connectivity index (χ4v) is 0.819. The molecular weight excluding hydrogens is 143 g/mol. The second kappa shape index (κ2) is 3.23. The predicted molar refractivity (Wildman–Crippen MR) is 45.0 cm³/mol. The minimum atomic E-state index is 0.351. The molecule has 0 aliphatic rings. The van der Waals surface area contributed by atoms with Crippen LogP contribution in [0.2, 0.25) is 0 Å². The number of benzene rings is 1. The van der Waals surface area contributed by atoms with Gasteiger partial charge >= 0.3 is 0 Å². The van der Waals surface area contributed by atoms with E-state index in [0.29, 0.717) is 23.0 Å². The van der Waals surface area contributed by atoms with Gasteiger partial charge in [0.25, 0.3) is 0 Å². The van der Waals surface area contributed by atoms with Crippen LogP contribution in [-0.2, 0) is 0 Å². The summed E-state index contributed by atoms with van der Waals surface area (Å²) in [6.45, 7) is 2.10. The van der Waals surface area contributed by atoms with Gasteiger partial charge in [-0.3, -0.25) is 0 Å². The van der Waals surface area contributed by atoms with E-state index in [-0.39, 0.29) is 0 Å². The number of anilines is 2. The van der Waals surface area contributed by atoms with Crippen LogP contribution in [0.1, 0.15) is 6.92 Å². The summed E-state index contributed by atoms with van der Waals surface area (Å²) in [5.41, 5.74) is 6.62. The molecule has 0 amide bonds. The number of halogens is 1. The summed E-state index contributed by atoms with van der Waals surface area (Å²) in [7, 11) is 0. The molecule has 2 nitrogen and oxygen atoms in total. The number of rotatable bonds is 2. The summed E-state index contributed by atoms with van der Waals surface area (Å²) in [5.74, 6) is 0. The van der Waals surface area contributed by atoms with E-state index in [0.717, 1.165) is 0 Å². The zero-order valence-corrected chi connectivity index (χ0v) is 6.42. The van der Waals surface area contributed by atoms with Gasteiger partial charge in [-0.05, 0) is 31.2 Å².